The van der Waals surface area contributed by atoms with Crippen molar-refractivity contribution in [3.8, 4) is 0 Å². The number of aromatic amines is 2. The van der Waals surface area contributed by atoms with E-state index < -0.39 is 16.1 Å². The molecular weight excluding hydrogens is 374 g/mol. The standard InChI is InChI=1S/C15H19N7O4S/c1-27(25,26)22-10-4-2-3-9(5-10)19-15-20-13(16-6-11(24)7-23)12-14(21-15)18-8-17-12/h2-5,8,11,22-24H,6-7H2,1H3,(H3,16,17,18,19,20,21)/p+1. The summed E-state index contributed by atoms with van der Waals surface area (Å²) in [5.41, 5.74) is 2.12. The molecule has 0 amide bonds. The van der Waals surface area contributed by atoms with Crippen LogP contribution in [-0.2, 0) is 10.0 Å². The highest BCUT2D eigenvalue weighted by Crippen LogP contribution is 2.22. The Morgan fingerprint density at radius 1 is 1.30 bits per heavy atom. The third-order valence-corrected chi connectivity index (χ3v) is 4.08. The number of nitrogens with zero attached hydrogens (tertiary/aromatic N) is 2. The lowest BCUT2D eigenvalue weighted by Gasteiger charge is -2.10. The van der Waals surface area contributed by atoms with Gasteiger partial charge in [-0.15, -0.1) is 0 Å². The molecule has 3 rings (SSSR count). The third-order valence-electron chi connectivity index (χ3n) is 3.47. The zero-order valence-corrected chi connectivity index (χ0v) is 15.2. The van der Waals surface area contributed by atoms with Gasteiger partial charge in [0, 0.05) is 12.2 Å². The lowest BCUT2D eigenvalue weighted by Crippen LogP contribution is -2.23. The van der Waals surface area contributed by atoms with Gasteiger partial charge < -0.3 is 20.8 Å². The molecule has 3 aromatic rings. The molecule has 2 aromatic heterocycles. The van der Waals surface area contributed by atoms with E-state index in [1.165, 1.54) is 0 Å². The van der Waals surface area contributed by atoms with Gasteiger partial charge in [0.1, 0.15) is 0 Å². The highest BCUT2D eigenvalue weighted by atomic mass is 32.2. The van der Waals surface area contributed by atoms with E-state index >= 15 is 0 Å². The van der Waals surface area contributed by atoms with Crippen molar-refractivity contribution >= 4 is 44.3 Å². The molecular formula is C15H20N7O4S+. The molecule has 11 nitrogen and oxygen atoms in total. The number of hydrogen-bond donors (Lipinski definition) is 6. The molecule has 7 N–H and O–H groups in total. The number of nitrogens with one attached hydrogen (secondary N) is 5. The van der Waals surface area contributed by atoms with E-state index in [1.807, 2.05) is 0 Å². The largest absolute Gasteiger partial charge is 0.394 e. The number of rotatable bonds is 8. The highest BCUT2D eigenvalue weighted by molar-refractivity contribution is 7.92. The molecule has 1 aromatic carbocycles. The van der Waals surface area contributed by atoms with Crippen LogP contribution >= 0.6 is 0 Å². The summed E-state index contributed by atoms with van der Waals surface area (Å²) in [5, 5.41) is 24.4. The van der Waals surface area contributed by atoms with Crippen molar-refractivity contribution in [2.45, 2.75) is 6.10 Å². The van der Waals surface area contributed by atoms with Gasteiger partial charge in [-0.3, -0.25) is 9.71 Å². The smallest absolute Gasteiger partial charge is 0.307 e. The van der Waals surface area contributed by atoms with Crippen molar-refractivity contribution < 1.29 is 23.6 Å². The van der Waals surface area contributed by atoms with Gasteiger partial charge in [-0.25, -0.2) is 13.4 Å². The molecule has 12 heteroatoms. The Morgan fingerprint density at radius 2 is 2.07 bits per heavy atom. The lowest BCUT2D eigenvalue weighted by atomic mass is 10.3. The van der Waals surface area contributed by atoms with Crippen LogP contribution in [0.5, 0.6) is 0 Å². The molecule has 0 aliphatic heterocycles. The SMILES string of the molecule is CS(=O)(=O)Nc1cccc(Nc2nc(NCC(O)CO)c3[nH]c[nH+]c3n2)c1. The van der Waals surface area contributed by atoms with Gasteiger partial charge in [-0.05, 0) is 18.2 Å². The van der Waals surface area contributed by atoms with E-state index in [0.717, 1.165) is 6.26 Å². The zero-order valence-electron chi connectivity index (χ0n) is 14.4. The third kappa shape index (κ3) is 5.03. The number of aromatic nitrogens is 4. The molecule has 1 atom stereocenters. The van der Waals surface area contributed by atoms with Crippen molar-refractivity contribution in [2.75, 3.05) is 34.8 Å². The summed E-state index contributed by atoms with van der Waals surface area (Å²) in [7, 11) is -3.39. The molecule has 0 aliphatic carbocycles. The van der Waals surface area contributed by atoms with Crippen molar-refractivity contribution in [2.24, 2.45) is 0 Å². The topological polar surface area (TPSA) is 166 Å². The summed E-state index contributed by atoms with van der Waals surface area (Å²) >= 11 is 0. The van der Waals surface area contributed by atoms with Crippen LogP contribution < -0.4 is 20.3 Å². The second-order valence-electron chi connectivity index (χ2n) is 5.85. The predicted octanol–water partition coefficient (Wildman–Crippen LogP) is -0.348. The first-order chi connectivity index (χ1) is 12.8. The van der Waals surface area contributed by atoms with Crippen LogP contribution in [0.3, 0.4) is 0 Å². The molecule has 0 fully saturated rings. The number of hydrogen-bond acceptors (Lipinski definition) is 8. The van der Waals surface area contributed by atoms with Gasteiger partial charge in [-0.1, -0.05) is 11.1 Å². The van der Waals surface area contributed by atoms with E-state index in [0.29, 0.717) is 28.4 Å². The number of benzene rings is 1. The molecule has 0 spiro atoms. The number of anilines is 4. The van der Waals surface area contributed by atoms with Gasteiger partial charge in [0.15, 0.2) is 12.1 Å². The number of aliphatic hydroxyl groups excluding tert-OH is 2. The quantitative estimate of drug-likeness (QED) is 0.301. The Hall–Kier alpha value is -2.96. The number of aliphatic hydroxyl groups is 2. The van der Waals surface area contributed by atoms with Crippen LogP contribution in [0.25, 0.3) is 11.2 Å². The van der Waals surface area contributed by atoms with Crippen molar-refractivity contribution in [3.63, 3.8) is 0 Å². The fraction of sp³-hybridized carbons (Fsp3) is 0.267. The Labute approximate surface area is 154 Å². The fourth-order valence-corrected chi connectivity index (χ4v) is 2.90. The van der Waals surface area contributed by atoms with Gasteiger partial charge in [0.05, 0.1) is 24.7 Å². The highest BCUT2D eigenvalue weighted by Gasteiger charge is 2.17. The normalized spacial score (nSPS) is 12.7. The summed E-state index contributed by atoms with van der Waals surface area (Å²) in [4.78, 5) is 14.6. The minimum atomic E-state index is -3.39. The first-order valence-corrected chi connectivity index (χ1v) is 9.87. The van der Waals surface area contributed by atoms with E-state index in [2.05, 4.69) is 35.3 Å². The van der Waals surface area contributed by atoms with Crippen molar-refractivity contribution in [3.05, 3.63) is 30.6 Å². The van der Waals surface area contributed by atoms with E-state index in [9.17, 15) is 13.5 Å². The summed E-state index contributed by atoms with van der Waals surface area (Å²) < 4.78 is 25.1. The predicted molar refractivity (Wildman–Crippen MR) is 100 cm³/mol. The molecule has 0 saturated carbocycles. The molecule has 0 aliphatic rings. The zero-order chi connectivity index (χ0) is 19.4. The summed E-state index contributed by atoms with van der Waals surface area (Å²) in [6.45, 7) is -0.266. The molecule has 144 valence electrons. The van der Waals surface area contributed by atoms with E-state index in [1.54, 1.807) is 30.6 Å². The minimum Gasteiger partial charge on any atom is -0.394 e. The second-order valence-corrected chi connectivity index (χ2v) is 7.60. The van der Waals surface area contributed by atoms with E-state index in [4.69, 9.17) is 5.11 Å². The summed E-state index contributed by atoms with van der Waals surface area (Å²) in [5.74, 6) is 0.692. The van der Waals surface area contributed by atoms with Crippen molar-refractivity contribution in [1.29, 1.82) is 0 Å². The lowest BCUT2D eigenvalue weighted by molar-refractivity contribution is -0.347. The Morgan fingerprint density at radius 3 is 2.81 bits per heavy atom. The number of imidazole rings is 1. The number of fused-ring (bicyclic) bond motifs is 1. The Bertz CT molecular complexity index is 1040. The molecule has 0 bridgehead atoms. The molecule has 0 radical (unpaired) electrons. The van der Waals surface area contributed by atoms with Crippen LogP contribution in [0.1, 0.15) is 0 Å². The Kier molecular flexibility index (Phi) is 5.39. The number of H-pyrrole nitrogens is 2. The molecule has 1 unspecified atom stereocenters. The summed E-state index contributed by atoms with van der Waals surface area (Å²) in [6, 6.07) is 6.66. The maximum atomic E-state index is 11.4. The molecule has 2 heterocycles. The average Bonchev–Trinajstić information content (AvgIpc) is 3.06. The van der Waals surface area contributed by atoms with Crippen LogP contribution in [0, 0.1) is 0 Å². The Balaban J connectivity index is 1.85. The summed E-state index contributed by atoms with van der Waals surface area (Å²) in [6.07, 6.45) is 1.74. The van der Waals surface area contributed by atoms with Crippen LogP contribution in [-0.4, -0.2) is 59.1 Å². The minimum absolute atomic E-state index is 0.106. The first-order valence-electron chi connectivity index (χ1n) is 7.98. The monoisotopic (exact) mass is 394 g/mol. The van der Waals surface area contributed by atoms with Crippen LogP contribution in [0.2, 0.25) is 0 Å². The maximum Gasteiger partial charge on any atom is 0.307 e. The van der Waals surface area contributed by atoms with Gasteiger partial charge in [-0.2, -0.15) is 4.98 Å². The van der Waals surface area contributed by atoms with Crippen LogP contribution in [0.4, 0.5) is 23.1 Å². The van der Waals surface area contributed by atoms with E-state index in [-0.39, 0.29) is 19.1 Å². The number of sulfonamides is 1. The van der Waals surface area contributed by atoms with Crippen molar-refractivity contribution in [1.82, 2.24) is 15.0 Å². The second kappa shape index (κ2) is 7.73. The van der Waals surface area contributed by atoms with Crippen LogP contribution in [0.15, 0.2) is 30.6 Å². The van der Waals surface area contributed by atoms with Gasteiger partial charge in [0.25, 0.3) is 0 Å². The first kappa shape index (κ1) is 18.8. The van der Waals surface area contributed by atoms with Gasteiger partial charge >= 0.3 is 11.6 Å². The molecule has 27 heavy (non-hydrogen) atoms. The van der Waals surface area contributed by atoms with Gasteiger partial charge in [0.2, 0.25) is 15.5 Å². The average molecular weight is 394 g/mol. The fourth-order valence-electron chi connectivity index (χ4n) is 2.35. The maximum absolute atomic E-state index is 11.4. The molecule has 0 saturated heterocycles.